The van der Waals surface area contributed by atoms with Gasteiger partial charge in [0.05, 0.1) is 6.10 Å². The molecule has 0 bridgehead atoms. The zero-order valence-corrected chi connectivity index (χ0v) is 12.0. The average Bonchev–Trinajstić information content (AvgIpc) is 2.30. The largest absolute Gasteiger partial charge is 0.378 e. The van der Waals surface area contributed by atoms with Gasteiger partial charge in [0.25, 0.3) is 0 Å². The van der Waals surface area contributed by atoms with E-state index in [1.807, 2.05) is 0 Å². The fourth-order valence-electron chi connectivity index (χ4n) is 2.81. The van der Waals surface area contributed by atoms with Crippen molar-refractivity contribution in [2.75, 3.05) is 26.2 Å². The van der Waals surface area contributed by atoms with Gasteiger partial charge in [-0.1, -0.05) is 6.92 Å². The van der Waals surface area contributed by atoms with Crippen molar-refractivity contribution in [2.45, 2.75) is 65.1 Å². The third-order valence-electron chi connectivity index (χ3n) is 3.75. The molecule has 0 spiro atoms. The van der Waals surface area contributed by atoms with Gasteiger partial charge in [-0.25, -0.2) is 0 Å². The van der Waals surface area contributed by atoms with Crippen LogP contribution in [-0.2, 0) is 4.74 Å². The van der Waals surface area contributed by atoms with Crippen molar-refractivity contribution in [2.24, 2.45) is 0 Å². The third kappa shape index (κ3) is 5.36. The molecule has 0 aromatic rings. The predicted molar refractivity (Wildman–Crippen MR) is 73.4 cm³/mol. The normalized spacial score (nSPS) is 22.6. The minimum atomic E-state index is 0.509. The number of piperidine rings is 1. The van der Waals surface area contributed by atoms with E-state index in [1.54, 1.807) is 0 Å². The smallest absolute Gasteiger partial charge is 0.0599 e. The molecule has 17 heavy (non-hydrogen) atoms. The van der Waals surface area contributed by atoms with E-state index in [-0.39, 0.29) is 0 Å². The molecule has 1 N–H and O–H groups in total. The molecule has 3 nitrogen and oxygen atoms in total. The Balaban J connectivity index is 2.23. The minimum Gasteiger partial charge on any atom is -0.378 e. The number of hydrogen-bond acceptors (Lipinski definition) is 3. The Kier molecular flexibility index (Phi) is 7.09. The Bertz CT molecular complexity index is 191. The zero-order valence-electron chi connectivity index (χ0n) is 12.0. The van der Waals surface area contributed by atoms with E-state index in [0.29, 0.717) is 18.2 Å². The minimum absolute atomic E-state index is 0.509. The first-order valence-electron chi connectivity index (χ1n) is 7.26. The summed E-state index contributed by atoms with van der Waals surface area (Å²) in [5.41, 5.74) is 0. The molecule has 0 radical (unpaired) electrons. The highest BCUT2D eigenvalue weighted by Crippen LogP contribution is 2.17. The molecule has 0 aromatic carbocycles. The number of nitrogens with one attached hydrogen (secondary N) is 1. The molecule has 2 unspecified atom stereocenters. The molecule has 1 aliphatic heterocycles. The van der Waals surface area contributed by atoms with Gasteiger partial charge in [-0.05, 0) is 46.6 Å². The first kappa shape index (κ1) is 14.9. The summed E-state index contributed by atoms with van der Waals surface area (Å²) in [5, 5.41) is 3.49. The average molecular weight is 242 g/mol. The van der Waals surface area contributed by atoms with Gasteiger partial charge in [0.15, 0.2) is 0 Å². The molecule has 0 aliphatic carbocycles. The predicted octanol–water partition coefficient (Wildman–Crippen LogP) is 2.26. The highest BCUT2D eigenvalue weighted by atomic mass is 16.5. The van der Waals surface area contributed by atoms with Crippen molar-refractivity contribution >= 4 is 0 Å². The number of ether oxygens (including phenoxy) is 1. The lowest BCUT2D eigenvalue weighted by molar-refractivity contribution is 0.00424. The third-order valence-corrected chi connectivity index (χ3v) is 3.75. The molecular weight excluding hydrogens is 212 g/mol. The summed E-state index contributed by atoms with van der Waals surface area (Å²) >= 11 is 0. The number of hydrogen-bond donors (Lipinski definition) is 1. The summed E-state index contributed by atoms with van der Waals surface area (Å²) in [4.78, 5) is 2.61. The fraction of sp³-hybridized carbons (Fsp3) is 1.00. The van der Waals surface area contributed by atoms with E-state index in [1.165, 1.54) is 32.4 Å². The summed E-state index contributed by atoms with van der Waals surface area (Å²) in [7, 11) is 0. The SMILES string of the molecule is CCNC(C)CC(C)N1CCC(OCC)CC1. The second kappa shape index (κ2) is 8.06. The maximum absolute atomic E-state index is 5.69. The lowest BCUT2D eigenvalue weighted by atomic mass is 10.0. The second-order valence-corrected chi connectivity index (χ2v) is 5.23. The first-order valence-corrected chi connectivity index (χ1v) is 7.26. The van der Waals surface area contributed by atoms with Crippen molar-refractivity contribution in [3.63, 3.8) is 0 Å². The second-order valence-electron chi connectivity index (χ2n) is 5.23. The molecule has 0 saturated carbocycles. The van der Waals surface area contributed by atoms with Gasteiger partial charge >= 0.3 is 0 Å². The van der Waals surface area contributed by atoms with Crippen LogP contribution in [0, 0.1) is 0 Å². The summed E-state index contributed by atoms with van der Waals surface area (Å²) < 4.78 is 5.69. The van der Waals surface area contributed by atoms with Crippen LogP contribution in [0.4, 0.5) is 0 Å². The standard InChI is InChI=1S/C14H30N2O/c1-5-15-12(3)11-13(4)16-9-7-14(8-10-16)17-6-2/h12-15H,5-11H2,1-4H3. The molecule has 1 aliphatic rings. The molecule has 1 heterocycles. The quantitative estimate of drug-likeness (QED) is 0.741. The molecule has 102 valence electrons. The highest BCUT2D eigenvalue weighted by molar-refractivity contribution is 4.79. The van der Waals surface area contributed by atoms with E-state index >= 15 is 0 Å². The van der Waals surface area contributed by atoms with Crippen LogP contribution in [-0.4, -0.2) is 49.3 Å². The van der Waals surface area contributed by atoms with Crippen LogP contribution >= 0.6 is 0 Å². The Hall–Kier alpha value is -0.120. The van der Waals surface area contributed by atoms with E-state index in [2.05, 4.69) is 37.9 Å². The Morgan fingerprint density at radius 3 is 2.41 bits per heavy atom. The van der Waals surface area contributed by atoms with Gasteiger partial charge in [0.2, 0.25) is 0 Å². The summed E-state index contributed by atoms with van der Waals surface area (Å²) in [6.07, 6.45) is 4.16. The zero-order chi connectivity index (χ0) is 12.7. The van der Waals surface area contributed by atoms with Crippen LogP contribution in [0.2, 0.25) is 0 Å². The molecule has 1 rings (SSSR count). The van der Waals surface area contributed by atoms with Gasteiger partial charge in [0.1, 0.15) is 0 Å². The maximum Gasteiger partial charge on any atom is 0.0599 e. The van der Waals surface area contributed by atoms with Crippen LogP contribution < -0.4 is 5.32 Å². The topological polar surface area (TPSA) is 24.5 Å². The van der Waals surface area contributed by atoms with Gasteiger partial charge in [-0.2, -0.15) is 0 Å². The number of nitrogens with zero attached hydrogens (tertiary/aromatic N) is 1. The summed E-state index contributed by atoms with van der Waals surface area (Å²) in [6, 6.07) is 1.31. The Morgan fingerprint density at radius 1 is 1.24 bits per heavy atom. The maximum atomic E-state index is 5.69. The lowest BCUT2D eigenvalue weighted by Crippen LogP contribution is -2.44. The highest BCUT2D eigenvalue weighted by Gasteiger charge is 2.23. The number of rotatable bonds is 7. The molecule has 3 heteroatoms. The van der Waals surface area contributed by atoms with Crippen LogP contribution in [0.25, 0.3) is 0 Å². The molecule has 2 atom stereocenters. The summed E-state index contributed by atoms with van der Waals surface area (Å²) in [6.45, 7) is 13.2. The van der Waals surface area contributed by atoms with E-state index in [9.17, 15) is 0 Å². The van der Waals surface area contributed by atoms with Crippen LogP contribution in [0.1, 0.15) is 47.0 Å². The van der Waals surface area contributed by atoms with Gasteiger partial charge < -0.3 is 15.0 Å². The molecule has 1 fully saturated rings. The van der Waals surface area contributed by atoms with E-state index in [4.69, 9.17) is 4.74 Å². The van der Waals surface area contributed by atoms with Gasteiger partial charge in [-0.15, -0.1) is 0 Å². The molecule has 0 amide bonds. The van der Waals surface area contributed by atoms with Gasteiger partial charge in [0, 0.05) is 31.8 Å². The van der Waals surface area contributed by atoms with Crippen molar-refractivity contribution in [3.8, 4) is 0 Å². The van der Waals surface area contributed by atoms with Crippen molar-refractivity contribution < 1.29 is 4.74 Å². The number of likely N-dealkylation sites (tertiary alicyclic amines) is 1. The van der Waals surface area contributed by atoms with Crippen molar-refractivity contribution in [1.82, 2.24) is 10.2 Å². The molecule has 1 saturated heterocycles. The molecular formula is C14H30N2O. The van der Waals surface area contributed by atoms with Crippen LogP contribution in [0.3, 0.4) is 0 Å². The summed E-state index contributed by atoms with van der Waals surface area (Å²) in [5.74, 6) is 0. The lowest BCUT2D eigenvalue weighted by Gasteiger charge is -2.36. The Labute approximate surface area is 107 Å². The van der Waals surface area contributed by atoms with E-state index in [0.717, 1.165) is 13.2 Å². The van der Waals surface area contributed by atoms with Crippen LogP contribution in [0.5, 0.6) is 0 Å². The van der Waals surface area contributed by atoms with Gasteiger partial charge in [-0.3, -0.25) is 0 Å². The van der Waals surface area contributed by atoms with Crippen molar-refractivity contribution in [1.29, 1.82) is 0 Å². The van der Waals surface area contributed by atoms with Crippen LogP contribution in [0.15, 0.2) is 0 Å². The van der Waals surface area contributed by atoms with Crippen molar-refractivity contribution in [3.05, 3.63) is 0 Å². The Morgan fingerprint density at radius 2 is 1.88 bits per heavy atom. The molecule has 0 aromatic heterocycles. The monoisotopic (exact) mass is 242 g/mol. The van der Waals surface area contributed by atoms with E-state index < -0.39 is 0 Å². The first-order chi connectivity index (χ1) is 8.17. The fourth-order valence-corrected chi connectivity index (χ4v) is 2.81.